The van der Waals surface area contributed by atoms with Gasteiger partial charge in [0.05, 0.1) is 23.9 Å². The van der Waals surface area contributed by atoms with Crippen molar-refractivity contribution < 1.29 is 18.7 Å². The Morgan fingerprint density at radius 2 is 1.88 bits per heavy atom. The minimum Gasteiger partial charge on any atom is -0.483 e. The lowest BCUT2D eigenvalue weighted by Gasteiger charge is -2.13. The second-order valence-electron chi connectivity index (χ2n) is 9.00. The van der Waals surface area contributed by atoms with Crippen molar-refractivity contribution in [1.29, 1.82) is 0 Å². The highest BCUT2D eigenvalue weighted by Gasteiger charge is 2.34. The monoisotopic (exact) mass is 584 g/mol. The van der Waals surface area contributed by atoms with Crippen molar-refractivity contribution >= 4 is 58.3 Å². The molecule has 4 aromatic rings. The van der Waals surface area contributed by atoms with Crippen molar-refractivity contribution in [2.24, 2.45) is 10.2 Å². The van der Waals surface area contributed by atoms with Gasteiger partial charge >= 0.3 is 0 Å². The summed E-state index contributed by atoms with van der Waals surface area (Å²) in [5.41, 5.74) is 3.19. The van der Waals surface area contributed by atoms with Crippen LogP contribution in [0, 0.1) is 6.92 Å². The van der Waals surface area contributed by atoms with Gasteiger partial charge in [-0.1, -0.05) is 59.6 Å². The highest BCUT2D eigenvalue weighted by Crippen LogP contribution is 2.36. The number of carbonyl (C=O) groups is 2. The average molecular weight is 585 g/mol. The van der Waals surface area contributed by atoms with Gasteiger partial charge in [-0.3, -0.25) is 14.5 Å². The average Bonchev–Trinajstić information content (AvgIpc) is 3.59. The number of halogens is 1. The number of nitrogens with one attached hydrogen (secondary N) is 1. The molecule has 1 saturated heterocycles. The molecule has 0 atom stereocenters. The van der Waals surface area contributed by atoms with E-state index in [-0.39, 0.29) is 25.0 Å². The van der Waals surface area contributed by atoms with Crippen molar-refractivity contribution in [2.45, 2.75) is 13.5 Å². The number of nitrogens with zero attached hydrogens (tertiary/aromatic N) is 3. The van der Waals surface area contributed by atoms with Crippen LogP contribution >= 0.6 is 23.4 Å². The van der Waals surface area contributed by atoms with Gasteiger partial charge in [0.25, 0.3) is 11.8 Å². The van der Waals surface area contributed by atoms with Gasteiger partial charge in [0.15, 0.2) is 11.8 Å². The number of hydrogen-bond acceptors (Lipinski definition) is 7. The van der Waals surface area contributed by atoms with E-state index in [1.54, 1.807) is 48.9 Å². The lowest BCUT2D eigenvalue weighted by molar-refractivity contribution is -0.122. The highest BCUT2D eigenvalue weighted by atomic mass is 35.5. The van der Waals surface area contributed by atoms with E-state index in [2.05, 4.69) is 15.5 Å². The molecule has 41 heavy (non-hydrogen) atoms. The van der Waals surface area contributed by atoms with Gasteiger partial charge in [0.1, 0.15) is 11.5 Å². The van der Waals surface area contributed by atoms with Gasteiger partial charge < -0.3 is 14.5 Å². The maximum absolute atomic E-state index is 13.5. The summed E-state index contributed by atoms with van der Waals surface area (Å²) in [6.45, 7) is 1.94. The van der Waals surface area contributed by atoms with Crippen molar-refractivity contribution in [1.82, 2.24) is 4.90 Å². The molecule has 5 rings (SSSR count). The molecule has 1 aliphatic heterocycles. The molecule has 1 N–H and O–H groups in total. The molecule has 1 aliphatic rings. The Balaban J connectivity index is 1.36. The SMILES string of the molecule is Cc1ccc(NC(=O)COc2ccc(Cl)cc2/C=C2\S/C(=N\N=C\c3ccccc3)N(Cc3ccco3)C2=O)cc1. The van der Waals surface area contributed by atoms with E-state index >= 15 is 0 Å². The van der Waals surface area contributed by atoms with E-state index in [4.69, 9.17) is 20.8 Å². The molecule has 2 heterocycles. The highest BCUT2D eigenvalue weighted by molar-refractivity contribution is 8.18. The maximum Gasteiger partial charge on any atom is 0.267 e. The molecule has 10 heteroatoms. The summed E-state index contributed by atoms with van der Waals surface area (Å²) in [5, 5.41) is 12.2. The van der Waals surface area contributed by atoms with E-state index in [0.29, 0.717) is 37.9 Å². The van der Waals surface area contributed by atoms with Crippen molar-refractivity contribution in [3.8, 4) is 5.75 Å². The Morgan fingerprint density at radius 3 is 2.63 bits per heavy atom. The predicted octanol–water partition coefficient (Wildman–Crippen LogP) is 6.77. The molecular formula is C31H25ClN4O4S. The maximum atomic E-state index is 13.5. The summed E-state index contributed by atoms with van der Waals surface area (Å²) in [4.78, 5) is 27.9. The second kappa shape index (κ2) is 13.2. The fourth-order valence-corrected chi connectivity index (χ4v) is 4.95. The minimum absolute atomic E-state index is 0.188. The third-order valence-corrected chi connectivity index (χ3v) is 7.12. The zero-order valence-electron chi connectivity index (χ0n) is 22.0. The molecular weight excluding hydrogens is 560 g/mol. The third-order valence-electron chi connectivity index (χ3n) is 5.88. The van der Waals surface area contributed by atoms with E-state index in [0.717, 1.165) is 11.1 Å². The van der Waals surface area contributed by atoms with Crippen LogP contribution in [0.15, 0.2) is 111 Å². The molecule has 0 saturated carbocycles. The van der Waals surface area contributed by atoms with Crippen molar-refractivity contribution in [2.75, 3.05) is 11.9 Å². The van der Waals surface area contributed by atoms with Gasteiger partial charge in [0.2, 0.25) is 0 Å². The lowest BCUT2D eigenvalue weighted by atomic mass is 10.2. The van der Waals surface area contributed by atoms with Crippen molar-refractivity contribution in [3.63, 3.8) is 0 Å². The normalized spacial score (nSPS) is 15.3. The van der Waals surface area contributed by atoms with Crippen LogP contribution in [0.3, 0.4) is 0 Å². The summed E-state index contributed by atoms with van der Waals surface area (Å²) in [6.07, 6.45) is 4.84. The Kier molecular flexibility index (Phi) is 8.98. The van der Waals surface area contributed by atoms with Gasteiger partial charge in [-0.2, -0.15) is 5.10 Å². The van der Waals surface area contributed by atoms with Crippen molar-refractivity contribution in [3.05, 3.63) is 124 Å². The molecule has 206 valence electrons. The van der Waals surface area contributed by atoms with Crippen LogP contribution in [0.1, 0.15) is 22.5 Å². The molecule has 0 radical (unpaired) electrons. The zero-order valence-corrected chi connectivity index (χ0v) is 23.6. The first-order valence-electron chi connectivity index (χ1n) is 12.6. The topological polar surface area (TPSA) is 96.5 Å². The molecule has 0 spiro atoms. The summed E-state index contributed by atoms with van der Waals surface area (Å²) in [7, 11) is 0. The number of amides is 2. The molecule has 0 bridgehead atoms. The number of thioether (sulfide) groups is 1. The number of ether oxygens (including phenoxy) is 1. The number of benzene rings is 3. The van der Waals surface area contributed by atoms with Gasteiger partial charge in [-0.05, 0) is 72.8 Å². The largest absolute Gasteiger partial charge is 0.483 e. The van der Waals surface area contributed by atoms with Gasteiger partial charge in [-0.15, -0.1) is 5.10 Å². The first kappa shape index (κ1) is 27.9. The first-order chi connectivity index (χ1) is 19.9. The lowest BCUT2D eigenvalue weighted by Crippen LogP contribution is -2.28. The van der Waals surface area contributed by atoms with Gasteiger partial charge in [0, 0.05) is 16.3 Å². The Labute approximate surface area is 246 Å². The number of furan rings is 1. The van der Waals surface area contributed by atoms with Crippen LogP contribution < -0.4 is 10.1 Å². The molecule has 2 amide bonds. The van der Waals surface area contributed by atoms with E-state index in [1.807, 2.05) is 61.5 Å². The Morgan fingerprint density at radius 1 is 1.07 bits per heavy atom. The smallest absolute Gasteiger partial charge is 0.267 e. The number of amidine groups is 1. The van der Waals surface area contributed by atoms with Crippen LogP contribution in [0.2, 0.25) is 5.02 Å². The number of rotatable bonds is 9. The van der Waals surface area contributed by atoms with E-state index < -0.39 is 0 Å². The molecule has 0 aliphatic carbocycles. The van der Waals surface area contributed by atoms with E-state index in [9.17, 15) is 9.59 Å². The first-order valence-corrected chi connectivity index (χ1v) is 13.8. The summed E-state index contributed by atoms with van der Waals surface area (Å²) < 4.78 is 11.3. The number of hydrogen-bond donors (Lipinski definition) is 1. The molecule has 1 fully saturated rings. The third kappa shape index (κ3) is 7.53. The molecule has 8 nitrogen and oxygen atoms in total. The van der Waals surface area contributed by atoms with Gasteiger partial charge in [-0.25, -0.2) is 0 Å². The summed E-state index contributed by atoms with van der Waals surface area (Å²) in [5.74, 6) is 0.415. The summed E-state index contributed by atoms with van der Waals surface area (Å²) in [6, 6.07) is 25.6. The zero-order chi connectivity index (χ0) is 28.6. The minimum atomic E-state index is -0.316. The molecule has 3 aromatic carbocycles. The fraction of sp³-hybridized carbons (Fsp3) is 0.0968. The standard InChI is InChI=1S/C31H25ClN4O4S/c1-21-9-12-25(13-10-21)34-29(37)20-40-27-14-11-24(32)16-23(27)17-28-30(38)36(19-26-8-5-15-39-26)31(41-28)35-33-18-22-6-3-2-4-7-22/h2-18H,19-20H2,1H3,(H,34,37)/b28-17-,33-18+,35-31-. The Bertz CT molecular complexity index is 1620. The Hall–Kier alpha value is -4.60. The second-order valence-corrected chi connectivity index (χ2v) is 10.4. The predicted molar refractivity (Wildman–Crippen MR) is 163 cm³/mol. The van der Waals surface area contributed by atoms with Crippen LogP contribution in [0.4, 0.5) is 5.69 Å². The van der Waals surface area contributed by atoms with E-state index in [1.165, 1.54) is 16.7 Å². The van der Waals surface area contributed by atoms with Crippen LogP contribution in [-0.4, -0.2) is 34.7 Å². The fourth-order valence-electron chi connectivity index (χ4n) is 3.85. The molecule has 1 aromatic heterocycles. The quantitative estimate of drug-likeness (QED) is 0.133. The van der Waals surface area contributed by atoms with Crippen LogP contribution in [0.5, 0.6) is 5.75 Å². The van der Waals surface area contributed by atoms with Crippen LogP contribution in [-0.2, 0) is 16.1 Å². The van der Waals surface area contributed by atoms with Crippen LogP contribution in [0.25, 0.3) is 6.08 Å². The number of aryl methyl sites for hydroxylation is 1. The molecule has 0 unspecified atom stereocenters. The number of carbonyl (C=O) groups excluding carboxylic acids is 2. The number of anilines is 1. The summed E-state index contributed by atoms with van der Waals surface area (Å²) >= 11 is 7.45.